The van der Waals surface area contributed by atoms with Gasteiger partial charge in [0.15, 0.2) is 5.82 Å². The van der Waals surface area contributed by atoms with Gasteiger partial charge in [-0.1, -0.05) is 12.1 Å². The van der Waals surface area contributed by atoms with Crippen LogP contribution in [0.2, 0.25) is 0 Å². The number of hydrogen-bond donors (Lipinski definition) is 2. The highest BCUT2D eigenvalue weighted by Crippen LogP contribution is 2.30. The fraction of sp³-hybridized carbons (Fsp3) is 0.125. The monoisotopic (exact) mass is 438 g/mol. The number of carbonyl (C=O) groups is 1. The van der Waals surface area contributed by atoms with E-state index in [1.165, 1.54) is 0 Å². The number of tetrazole rings is 1. The quantitative estimate of drug-likeness (QED) is 0.422. The first-order valence-electron chi connectivity index (χ1n) is 10.5. The summed E-state index contributed by atoms with van der Waals surface area (Å²) < 4.78 is 4.21. The van der Waals surface area contributed by atoms with Gasteiger partial charge in [0.1, 0.15) is 5.82 Å². The number of primary amides is 1. The van der Waals surface area contributed by atoms with Crippen LogP contribution in [0.1, 0.15) is 33.3 Å². The van der Waals surface area contributed by atoms with Gasteiger partial charge in [-0.15, -0.1) is 5.10 Å². The van der Waals surface area contributed by atoms with Crippen LogP contribution < -0.4 is 5.73 Å². The number of aryl methyl sites for hydroxylation is 2. The van der Waals surface area contributed by atoms with Crippen molar-refractivity contribution in [2.24, 2.45) is 5.73 Å². The van der Waals surface area contributed by atoms with E-state index in [1.54, 1.807) is 12.3 Å². The van der Waals surface area contributed by atoms with Crippen LogP contribution in [0.3, 0.4) is 0 Å². The first-order chi connectivity index (χ1) is 16.0. The second kappa shape index (κ2) is 8.19. The molecule has 9 nitrogen and oxygen atoms in total. The molecular formula is C24H22N8O. The van der Waals surface area contributed by atoms with E-state index < -0.39 is 5.91 Å². The van der Waals surface area contributed by atoms with Crippen molar-refractivity contribution in [3.05, 3.63) is 95.5 Å². The number of carbonyl (C=O) groups excluding carboxylic acids is 1. The minimum absolute atomic E-state index is 0.448. The second-order valence-corrected chi connectivity index (χ2v) is 7.83. The molecule has 0 spiro atoms. The van der Waals surface area contributed by atoms with Crippen molar-refractivity contribution >= 4 is 5.91 Å². The van der Waals surface area contributed by atoms with Gasteiger partial charge in [0.25, 0.3) is 0 Å². The Morgan fingerprint density at radius 2 is 1.88 bits per heavy atom. The Kier molecular flexibility index (Phi) is 5.06. The van der Waals surface area contributed by atoms with E-state index >= 15 is 0 Å². The summed E-state index contributed by atoms with van der Waals surface area (Å²) in [6.07, 6.45) is 4.26. The van der Waals surface area contributed by atoms with Crippen molar-refractivity contribution < 1.29 is 4.79 Å². The molecule has 0 aliphatic carbocycles. The number of hydrogen-bond acceptors (Lipinski definition) is 5. The summed E-state index contributed by atoms with van der Waals surface area (Å²) in [6.45, 7) is 3.94. The standard InChI is InChI=1S/C24H22N8O/c1-15-13-18(24(25)33)5-9-21(15)32-20(14-23-27-29-30-28-23)8-10-22(32)17-3-6-19(7-4-17)31-12-11-26-16(31)2/h3-13H,14H2,1-2H3,(H2,25,33)(H,27,28,29,30). The summed E-state index contributed by atoms with van der Waals surface area (Å²) in [7, 11) is 0. The molecule has 0 radical (unpaired) electrons. The van der Waals surface area contributed by atoms with Gasteiger partial charge >= 0.3 is 0 Å². The van der Waals surface area contributed by atoms with E-state index in [4.69, 9.17) is 5.73 Å². The lowest BCUT2D eigenvalue weighted by Crippen LogP contribution is -2.12. The number of amides is 1. The zero-order valence-corrected chi connectivity index (χ0v) is 18.2. The lowest BCUT2D eigenvalue weighted by Gasteiger charge is -2.17. The Hall–Kier alpha value is -4.53. The largest absolute Gasteiger partial charge is 0.366 e. The second-order valence-electron chi connectivity index (χ2n) is 7.83. The molecule has 3 aromatic heterocycles. The molecule has 33 heavy (non-hydrogen) atoms. The summed E-state index contributed by atoms with van der Waals surface area (Å²) in [5.41, 5.74) is 12.0. The fourth-order valence-corrected chi connectivity index (χ4v) is 4.06. The third-order valence-corrected chi connectivity index (χ3v) is 5.69. The van der Waals surface area contributed by atoms with E-state index in [9.17, 15) is 4.79 Å². The number of rotatable bonds is 6. The van der Waals surface area contributed by atoms with Crippen LogP contribution in [0.25, 0.3) is 22.6 Å². The van der Waals surface area contributed by atoms with Crippen LogP contribution in [0.15, 0.2) is 67.0 Å². The van der Waals surface area contributed by atoms with Crippen LogP contribution in [-0.4, -0.2) is 40.6 Å². The number of benzene rings is 2. The highest BCUT2D eigenvalue weighted by Gasteiger charge is 2.16. The Balaban J connectivity index is 1.61. The molecule has 2 aromatic carbocycles. The zero-order valence-electron chi connectivity index (χ0n) is 18.2. The Morgan fingerprint density at radius 1 is 1.06 bits per heavy atom. The van der Waals surface area contributed by atoms with E-state index in [1.807, 2.05) is 36.7 Å². The highest BCUT2D eigenvalue weighted by molar-refractivity contribution is 5.93. The fourth-order valence-electron chi connectivity index (χ4n) is 4.06. The molecule has 0 unspecified atom stereocenters. The summed E-state index contributed by atoms with van der Waals surface area (Å²) in [4.78, 5) is 16.0. The summed E-state index contributed by atoms with van der Waals surface area (Å²) in [5.74, 6) is 1.15. The van der Waals surface area contributed by atoms with Crippen LogP contribution >= 0.6 is 0 Å². The summed E-state index contributed by atoms with van der Waals surface area (Å²) in [5, 5.41) is 14.2. The van der Waals surface area contributed by atoms with Gasteiger partial charge < -0.3 is 14.9 Å². The predicted molar refractivity (Wildman–Crippen MR) is 123 cm³/mol. The number of imidazole rings is 1. The van der Waals surface area contributed by atoms with Gasteiger partial charge in [0.2, 0.25) is 5.91 Å². The number of H-pyrrole nitrogens is 1. The van der Waals surface area contributed by atoms with E-state index in [0.29, 0.717) is 17.8 Å². The molecule has 0 fully saturated rings. The molecule has 0 aliphatic heterocycles. The van der Waals surface area contributed by atoms with Gasteiger partial charge in [-0.25, -0.2) is 10.1 Å². The van der Waals surface area contributed by atoms with Crippen LogP contribution in [0.4, 0.5) is 0 Å². The summed E-state index contributed by atoms with van der Waals surface area (Å²) >= 11 is 0. The number of aromatic amines is 1. The SMILES string of the molecule is Cc1cc(C(N)=O)ccc1-n1c(Cc2nnn[nH]2)ccc1-c1ccc(-n2ccnc2C)cc1. The molecule has 0 aliphatic rings. The zero-order chi connectivity index (χ0) is 22.9. The van der Waals surface area contributed by atoms with Crippen molar-refractivity contribution in [2.45, 2.75) is 20.3 Å². The predicted octanol–water partition coefficient (Wildman–Crippen LogP) is 3.15. The van der Waals surface area contributed by atoms with Crippen molar-refractivity contribution in [3.63, 3.8) is 0 Å². The van der Waals surface area contributed by atoms with Crippen molar-refractivity contribution in [1.82, 2.24) is 34.7 Å². The van der Waals surface area contributed by atoms with Gasteiger partial charge in [-0.3, -0.25) is 4.79 Å². The van der Waals surface area contributed by atoms with Gasteiger partial charge in [-0.2, -0.15) is 0 Å². The van der Waals surface area contributed by atoms with Crippen LogP contribution in [0.5, 0.6) is 0 Å². The molecule has 3 N–H and O–H groups in total. The topological polar surface area (TPSA) is 120 Å². The molecule has 164 valence electrons. The number of aromatic nitrogens is 7. The normalized spacial score (nSPS) is 11.1. The maximum absolute atomic E-state index is 11.7. The Bertz CT molecular complexity index is 1430. The van der Waals surface area contributed by atoms with Crippen LogP contribution in [-0.2, 0) is 6.42 Å². The summed E-state index contributed by atoms with van der Waals surface area (Å²) in [6, 6.07) is 18.0. The van der Waals surface area contributed by atoms with Crippen molar-refractivity contribution in [2.75, 3.05) is 0 Å². The lowest BCUT2D eigenvalue weighted by molar-refractivity contribution is 0.1000. The Labute approximate surface area is 189 Å². The maximum atomic E-state index is 11.7. The minimum atomic E-state index is -0.448. The average molecular weight is 438 g/mol. The van der Waals surface area contributed by atoms with Crippen molar-refractivity contribution in [1.29, 1.82) is 0 Å². The molecule has 1 amide bonds. The van der Waals surface area contributed by atoms with Gasteiger partial charge in [-0.05, 0) is 77.9 Å². The number of nitrogens with two attached hydrogens (primary N) is 1. The molecule has 9 heteroatoms. The highest BCUT2D eigenvalue weighted by atomic mass is 16.1. The molecule has 5 aromatic rings. The number of nitrogens with one attached hydrogen (secondary N) is 1. The third kappa shape index (κ3) is 3.80. The molecular weight excluding hydrogens is 416 g/mol. The molecule has 3 heterocycles. The van der Waals surface area contributed by atoms with Gasteiger partial charge in [0, 0.05) is 41.4 Å². The number of nitrogens with zero attached hydrogens (tertiary/aromatic N) is 6. The third-order valence-electron chi connectivity index (χ3n) is 5.69. The smallest absolute Gasteiger partial charge is 0.248 e. The first kappa shape index (κ1) is 20.4. The molecule has 5 rings (SSSR count). The Morgan fingerprint density at radius 3 is 2.52 bits per heavy atom. The molecule has 0 saturated heterocycles. The van der Waals surface area contributed by atoms with Crippen LogP contribution in [0, 0.1) is 13.8 Å². The van der Waals surface area contributed by atoms with Crippen molar-refractivity contribution in [3.8, 4) is 22.6 Å². The average Bonchev–Trinajstić information content (AvgIpc) is 3.56. The van der Waals surface area contributed by atoms with Gasteiger partial charge in [0.05, 0.1) is 5.69 Å². The molecule has 0 bridgehead atoms. The van der Waals surface area contributed by atoms with E-state index in [2.05, 4.69) is 66.6 Å². The molecule has 0 saturated carbocycles. The first-order valence-corrected chi connectivity index (χ1v) is 10.5. The van der Waals surface area contributed by atoms with E-state index in [-0.39, 0.29) is 0 Å². The maximum Gasteiger partial charge on any atom is 0.248 e. The molecule has 0 atom stereocenters. The lowest BCUT2D eigenvalue weighted by atomic mass is 10.1. The van der Waals surface area contributed by atoms with E-state index in [0.717, 1.165) is 39.7 Å². The minimum Gasteiger partial charge on any atom is -0.366 e.